The molecule has 0 bridgehead atoms. The first-order chi connectivity index (χ1) is 26.2. The molecule has 2 atom stereocenters. The molecular formula is C44H79O9P. The molecule has 54 heavy (non-hydrogen) atoms. The first-order valence-electron chi connectivity index (χ1n) is 21.4. The summed E-state index contributed by atoms with van der Waals surface area (Å²) in [6.07, 6.45) is 44.2. The van der Waals surface area contributed by atoms with E-state index in [0.717, 1.165) is 70.1 Å². The summed E-state index contributed by atoms with van der Waals surface area (Å²) in [6, 6.07) is 0. The molecule has 0 spiro atoms. The summed E-state index contributed by atoms with van der Waals surface area (Å²) < 4.78 is 26.3. The number of rotatable bonds is 39. The summed E-state index contributed by atoms with van der Waals surface area (Å²) in [6.45, 7) is 4.03. The molecule has 0 fully saturated rings. The zero-order valence-electron chi connectivity index (χ0n) is 34.2. The van der Waals surface area contributed by atoms with E-state index in [9.17, 15) is 14.2 Å². The number of ether oxygens (including phenoxy) is 2. The number of allylic oxidation sites excluding steroid dienone is 8. The van der Waals surface area contributed by atoms with Gasteiger partial charge in [-0.25, -0.2) is 4.57 Å². The third kappa shape index (κ3) is 41.1. The minimum Gasteiger partial charge on any atom is -0.462 e. The highest BCUT2D eigenvalue weighted by Gasteiger charge is 2.22. The SMILES string of the molecule is CCC(C)CCCCCCCCCCCCCCCCC(=O)O[C@H](COC(=O)CCC/C=C\C/C=C\C/C=C\C/C=C\CCCCCO)COP(=O)(O)O. The van der Waals surface area contributed by atoms with Crippen LogP contribution in [0.15, 0.2) is 48.6 Å². The van der Waals surface area contributed by atoms with Gasteiger partial charge in [0.2, 0.25) is 0 Å². The molecule has 0 rings (SSSR count). The second kappa shape index (κ2) is 39.2. The number of hydrogen-bond acceptors (Lipinski definition) is 7. The normalized spacial score (nSPS) is 13.5. The van der Waals surface area contributed by atoms with E-state index in [-0.39, 0.29) is 26.1 Å². The lowest BCUT2D eigenvalue weighted by Crippen LogP contribution is -2.29. The van der Waals surface area contributed by atoms with Crippen LogP contribution >= 0.6 is 7.82 Å². The molecule has 0 aliphatic heterocycles. The van der Waals surface area contributed by atoms with E-state index in [1.807, 2.05) is 6.08 Å². The third-order valence-electron chi connectivity index (χ3n) is 9.45. The van der Waals surface area contributed by atoms with Crippen molar-refractivity contribution >= 4 is 19.8 Å². The molecule has 10 heteroatoms. The van der Waals surface area contributed by atoms with Crippen LogP contribution in [0, 0.1) is 5.92 Å². The molecule has 0 saturated heterocycles. The van der Waals surface area contributed by atoms with Gasteiger partial charge in [-0.3, -0.25) is 14.1 Å². The fourth-order valence-corrected chi connectivity index (χ4v) is 6.21. The minimum atomic E-state index is -4.77. The lowest BCUT2D eigenvalue weighted by Gasteiger charge is -2.18. The molecule has 0 saturated carbocycles. The van der Waals surface area contributed by atoms with Crippen LogP contribution in [0.1, 0.15) is 187 Å². The fraction of sp³-hybridized carbons (Fsp3) is 0.773. The van der Waals surface area contributed by atoms with Gasteiger partial charge in [0.1, 0.15) is 6.61 Å². The first-order valence-corrected chi connectivity index (χ1v) is 23.0. The molecule has 9 nitrogen and oxygen atoms in total. The molecule has 0 aromatic heterocycles. The number of aliphatic hydroxyl groups is 1. The molecule has 3 N–H and O–H groups in total. The number of phosphoric acid groups is 1. The number of unbranched alkanes of at least 4 members (excludes halogenated alkanes) is 17. The van der Waals surface area contributed by atoms with E-state index in [1.54, 1.807) is 0 Å². The molecule has 0 aliphatic carbocycles. The molecule has 0 heterocycles. The van der Waals surface area contributed by atoms with Crippen LogP contribution in [0.3, 0.4) is 0 Å². The number of carbonyl (C=O) groups excluding carboxylic acids is 2. The quantitative estimate of drug-likeness (QED) is 0.0240. The van der Waals surface area contributed by atoms with Crippen LogP contribution in [-0.2, 0) is 28.2 Å². The van der Waals surface area contributed by atoms with Crippen LogP contribution in [0.2, 0.25) is 0 Å². The van der Waals surface area contributed by atoms with Crippen molar-refractivity contribution in [1.82, 2.24) is 0 Å². The smallest absolute Gasteiger partial charge is 0.462 e. The average molecular weight is 783 g/mol. The third-order valence-corrected chi connectivity index (χ3v) is 9.93. The van der Waals surface area contributed by atoms with Crippen molar-refractivity contribution in [3.63, 3.8) is 0 Å². The zero-order valence-corrected chi connectivity index (χ0v) is 35.1. The summed E-state index contributed by atoms with van der Waals surface area (Å²) in [5.74, 6) is -0.0858. The number of aliphatic hydroxyl groups excluding tert-OH is 1. The van der Waals surface area contributed by atoms with E-state index in [1.165, 1.54) is 77.0 Å². The van der Waals surface area contributed by atoms with Crippen molar-refractivity contribution in [2.75, 3.05) is 19.8 Å². The minimum absolute atomic E-state index is 0.181. The Morgan fingerprint density at radius 2 is 1.02 bits per heavy atom. The maximum atomic E-state index is 12.4. The van der Waals surface area contributed by atoms with Crippen LogP contribution in [0.4, 0.5) is 0 Å². The second-order valence-corrected chi connectivity index (χ2v) is 15.9. The highest BCUT2D eigenvalue weighted by atomic mass is 31.2. The van der Waals surface area contributed by atoms with Gasteiger partial charge < -0.3 is 24.4 Å². The van der Waals surface area contributed by atoms with Gasteiger partial charge in [0.05, 0.1) is 6.61 Å². The molecular weight excluding hydrogens is 703 g/mol. The Hall–Kier alpha value is -2.03. The molecule has 0 radical (unpaired) electrons. The zero-order chi connectivity index (χ0) is 39.8. The van der Waals surface area contributed by atoms with Gasteiger partial charge in [0, 0.05) is 19.4 Å². The van der Waals surface area contributed by atoms with Crippen LogP contribution in [0.25, 0.3) is 0 Å². The summed E-state index contributed by atoms with van der Waals surface area (Å²) in [5.41, 5.74) is 0. The fourth-order valence-electron chi connectivity index (χ4n) is 5.85. The van der Waals surface area contributed by atoms with Gasteiger partial charge in [-0.15, -0.1) is 0 Å². The first kappa shape index (κ1) is 52.0. The van der Waals surface area contributed by atoms with Gasteiger partial charge >= 0.3 is 19.8 Å². The molecule has 1 unspecified atom stereocenters. The van der Waals surface area contributed by atoms with Crippen molar-refractivity contribution in [2.45, 2.75) is 193 Å². The summed E-state index contributed by atoms with van der Waals surface area (Å²) in [7, 11) is -4.77. The lowest BCUT2D eigenvalue weighted by molar-refractivity contribution is -0.161. The van der Waals surface area contributed by atoms with Crippen molar-refractivity contribution in [2.24, 2.45) is 5.92 Å². The number of esters is 2. The summed E-state index contributed by atoms with van der Waals surface area (Å²) in [4.78, 5) is 42.8. The maximum absolute atomic E-state index is 12.4. The number of phosphoric ester groups is 1. The summed E-state index contributed by atoms with van der Waals surface area (Å²) >= 11 is 0. The Bertz CT molecular complexity index is 1030. The predicted molar refractivity (Wildman–Crippen MR) is 222 cm³/mol. The Morgan fingerprint density at radius 3 is 1.52 bits per heavy atom. The Balaban J connectivity index is 3.99. The number of carbonyl (C=O) groups is 2. The highest BCUT2D eigenvalue weighted by Crippen LogP contribution is 2.36. The highest BCUT2D eigenvalue weighted by molar-refractivity contribution is 7.46. The van der Waals surface area contributed by atoms with E-state index in [0.29, 0.717) is 19.3 Å². The van der Waals surface area contributed by atoms with Crippen LogP contribution in [-0.4, -0.2) is 52.8 Å². The van der Waals surface area contributed by atoms with E-state index in [4.69, 9.17) is 24.4 Å². The van der Waals surface area contributed by atoms with E-state index < -0.39 is 32.5 Å². The Kier molecular flexibility index (Phi) is 37.7. The molecule has 0 aliphatic rings. The van der Waals surface area contributed by atoms with E-state index in [2.05, 4.69) is 60.9 Å². The number of hydrogen-bond donors (Lipinski definition) is 3. The van der Waals surface area contributed by atoms with Crippen molar-refractivity contribution in [3.05, 3.63) is 48.6 Å². The second-order valence-electron chi connectivity index (χ2n) is 14.6. The van der Waals surface area contributed by atoms with Gasteiger partial charge in [0.25, 0.3) is 0 Å². The van der Waals surface area contributed by atoms with Crippen molar-refractivity contribution < 1.29 is 43.0 Å². The molecule has 314 valence electrons. The largest absolute Gasteiger partial charge is 0.469 e. The van der Waals surface area contributed by atoms with Crippen molar-refractivity contribution in [1.29, 1.82) is 0 Å². The topological polar surface area (TPSA) is 140 Å². The average Bonchev–Trinajstić information content (AvgIpc) is 3.14. The van der Waals surface area contributed by atoms with Crippen molar-refractivity contribution in [3.8, 4) is 0 Å². The molecule has 0 amide bonds. The van der Waals surface area contributed by atoms with Gasteiger partial charge in [-0.05, 0) is 63.7 Å². The standard InChI is InChI=1S/C44H79O9P/c1-3-41(2)35-31-27-23-19-15-11-8-9-13-17-21-25-29-33-37-44(47)53-42(40-52-54(48,49)50)39-51-43(46)36-32-28-24-20-16-12-7-5-4-6-10-14-18-22-26-30-34-38-45/h4,6-7,12,14,18,20,24,41-42,45H,3,5,8-11,13,15-17,19,21-23,25-40H2,1-2H3,(H2,48,49,50)/b6-4-,12-7-,18-14-,24-20-/t41?,42-/m1/s1. The monoisotopic (exact) mass is 783 g/mol. The molecule has 0 aromatic carbocycles. The molecule has 0 aromatic rings. The predicted octanol–water partition coefficient (Wildman–Crippen LogP) is 12.0. The van der Waals surface area contributed by atoms with Crippen LogP contribution in [0.5, 0.6) is 0 Å². The Morgan fingerprint density at radius 1 is 0.574 bits per heavy atom. The van der Waals surface area contributed by atoms with Gasteiger partial charge in [0.15, 0.2) is 6.10 Å². The Labute approximate surface area is 329 Å². The van der Waals surface area contributed by atoms with Crippen LogP contribution < -0.4 is 0 Å². The van der Waals surface area contributed by atoms with Gasteiger partial charge in [-0.2, -0.15) is 0 Å². The summed E-state index contributed by atoms with van der Waals surface area (Å²) in [5, 5.41) is 8.77. The lowest BCUT2D eigenvalue weighted by atomic mass is 9.99. The maximum Gasteiger partial charge on any atom is 0.469 e. The van der Waals surface area contributed by atoms with Gasteiger partial charge in [-0.1, -0.05) is 165 Å². The van der Waals surface area contributed by atoms with E-state index >= 15 is 0 Å².